The summed E-state index contributed by atoms with van der Waals surface area (Å²) in [7, 11) is 0. The summed E-state index contributed by atoms with van der Waals surface area (Å²) in [6.07, 6.45) is 6.34. The highest BCUT2D eigenvalue weighted by molar-refractivity contribution is 5.85. The molecule has 3 rings (SSSR count). The number of carbonyl (C=O) groups is 1. The minimum Gasteiger partial charge on any atom is -0.335 e. The third-order valence-electron chi connectivity index (χ3n) is 5.39. The molecule has 0 spiro atoms. The highest BCUT2D eigenvalue weighted by Gasteiger charge is 2.35. The minimum absolute atomic E-state index is 0. The smallest absolute Gasteiger partial charge is 0.223 e. The molecule has 0 heterocycles. The Morgan fingerprint density at radius 1 is 1.17 bits per heavy atom. The molecule has 2 aliphatic rings. The second kappa shape index (κ2) is 7.67. The van der Waals surface area contributed by atoms with Crippen LogP contribution < -0.4 is 5.73 Å². The maximum atomic E-state index is 12.8. The quantitative estimate of drug-likeness (QED) is 0.890. The maximum Gasteiger partial charge on any atom is 0.223 e. The predicted octanol–water partition coefficient (Wildman–Crippen LogP) is 3.73. The number of carbonyl (C=O) groups excluding carboxylic acids is 1. The van der Waals surface area contributed by atoms with Crippen LogP contribution in [0.25, 0.3) is 0 Å². The first kappa shape index (κ1) is 18.3. The van der Waals surface area contributed by atoms with Gasteiger partial charge in [0.1, 0.15) is 0 Å². The number of hydrogen-bond donors (Lipinski definition) is 1. The fraction of sp³-hybridized carbons (Fsp3) is 0.632. The Balaban J connectivity index is 0.00000192. The Morgan fingerprint density at radius 2 is 1.91 bits per heavy atom. The average Bonchev–Trinajstić information content (AvgIpc) is 3.24. The van der Waals surface area contributed by atoms with Crippen molar-refractivity contribution in [1.82, 2.24) is 4.90 Å². The van der Waals surface area contributed by atoms with E-state index in [2.05, 4.69) is 36.9 Å². The van der Waals surface area contributed by atoms with Gasteiger partial charge in [-0.2, -0.15) is 0 Å². The number of hydrogen-bond acceptors (Lipinski definition) is 2. The van der Waals surface area contributed by atoms with E-state index in [0.29, 0.717) is 24.3 Å². The van der Waals surface area contributed by atoms with Crippen LogP contribution in [0.2, 0.25) is 0 Å². The van der Waals surface area contributed by atoms with Gasteiger partial charge >= 0.3 is 0 Å². The molecule has 0 bridgehead atoms. The number of amides is 1. The van der Waals surface area contributed by atoms with Gasteiger partial charge in [-0.05, 0) is 62.1 Å². The van der Waals surface area contributed by atoms with E-state index in [9.17, 15) is 4.79 Å². The zero-order valence-corrected chi connectivity index (χ0v) is 15.1. The van der Waals surface area contributed by atoms with Crippen molar-refractivity contribution in [3.05, 3.63) is 34.9 Å². The van der Waals surface area contributed by atoms with E-state index in [-0.39, 0.29) is 18.4 Å². The van der Waals surface area contributed by atoms with Crippen molar-refractivity contribution in [3.63, 3.8) is 0 Å². The zero-order chi connectivity index (χ0) is 15.7. The molecule has 2 atom stereocenters. The first-order valence-corrected chi connectivity index (χ1v) is 8.66. The summed E-state index contributed by atoms with van der Waals surface area (Å²) in [6.45, 7) is 5.02. The van der Waals surface area contributed by atoms with Gasteiger partial charge < -0.3 is 10.6 Å². The zero-order valence-electron chi connectivity index (χ0n) is 14.3. The van der Waals surface area contributed by atoms with Gasteiger partial charge in [-0.25, -0.2) is 0 Å². The highest BCUT2D eigenvalue weighted by atomic mass is 35.5. The molecule has 0 saturated heterocycles. The Kier molecular flexibility index (Phi) is 6.10. The highest BCUT2D eigenvalue weighted by Crippen LogP contribution is 2.32. The molecular formula is C19H29ClN2O. The van der Waals surface area contributed by atoms with Gasteiger partial charge in [0.2, 0.25) is 5.91 Å². The van der Waals surface area contributed by atoms with Crippen LogP contribution in [-0.4, -0.2) is 22.9 Å². The third-order valence-corrected chi connectivity index (χ3v) is 5.39. The van der Waals surface area contributed by atoms with Crippen LogP contribution in [0.5, 0.6) is 0 Å². The normalized spacial score (nSPS) is 23.4. The topological polar surface area (TPSA) is 46.3 Å². The van der Waals surface area contributed by atoms with Crippen LogP contribution in [0.15, 0.2) is 18.2 Å². The molecule has 2 fully saturated rings. The number of nitrogens with zero attached hydrogens (tertiary/aromatic N) is 1. The molecule has 1 aromatic carbocycles. The molecule has 0 unspecified atom stereocenters. The largest absolute Gasteiger partial charge is 0.335 e. The fourth-order valence-electron chi connectivity index (χ4n) is 3.57. The molecule has 2 N–H and O–H groups in total. The molecule has 2 aliphatic carbocycles. The van der Waals surface area contributed by atoms with E-state index >= 15 is 0 Å². The van der Waals surface area contributed by atoms with Gasteiger partial charge in [0.15, 0.2) is 0 Å². The molecule has 128 valence electrons. The summed E-state index contributed by atoms with van der Waals surface area (Å²) in [5.41, 5.74) is 10.0. The summed E-state index contributed by atoms with van der Waals surface area (Å²) in [5.74, 6) is 0.705. The van der Waals surface area contributed by atoms with E-state index in [1.165, 1.54) is 23.1 Å². The summed E-state index contributed by atoms with van der Waals surface area (Å²) < 4.78 is 0. The van der Waals surface area contributed by atoms with Crippen LogP contribution in [0.3, 0.4) is 0 Å². The predicted molar refractivity (Wildman–Crippen MR) is 96.7 cm³/mol. The average molecular weight is 337 g/mol. The standard InChI is InChI=1S/C19H28N2O.ClH/c1-13-6-7-15(10-14(13)2)12-21(17-8-9-17)19(22)11-16-4-3-5-18(16)20;/h6-7,10,16-18H,3-5,8-9,11-12,20H2,1-2H3;1H/t16-,18+;/m0./s1. The lowest BCUT2D eigenvalue weighted by Crippen LogP contribution is -2.36. The van der Waals surface area contributed by atoms with Crippen molar-refractivity contribution in [2.75, 3.05) is 0 Å². The van der Waals surface area contributed by atoms with Crippen molar-refractivity contribution in [1.29, 1.82) is 0 Å². The van der Waals surface area contributed by atoms with E-state index in [4.69, 9.17) is 5.73 Å². The van der Waals surface area contributed by atoms with Gasteiger partial charge in [-0.3, -0.25) is 4.79 Å². The van der Waals surface area contributed by atoms with E-state index in [1.54, 1.807) is 0 Å². The molecule has 1 amide bonds. The third kappa shape index (κ3) is 4.48. The summed E-state index contributed by atoms with van der Waals surface area (Å²) in [4.78, 5) is 14.9. The number of benzene rings is 1. The maximum absolute atomic E-state index is 12.8. The monoisotopic (exact) mass is 336 g/mol. The Morgan fingerprint density at radius 3 is 2.48 bits per heavy atom. The van der Waals surface area contributed by atoms with Crippen LogP contribution in [0, 0.1) is 19.8 Å². The van der Waals surface area contributed by atoms with Crippen molar-refractivity contribution in [2.45, 2.75) is 71.0 Å². The van der Waals surface area contributed by atoms with E-state index in [1.807, 2.05) is 0 Å². The molecule has 1 aromatic rings. The summed E-state index contributed by atoms with van der Waals surface area (Å²) >= 11 is 0. The Bertz CT molecular complexity index is 556. The SMILES string of the molecule is Cc1ccc(CN(C(=O)C[C@@H]2CCC[C@H]2N)C2CC2)cc1C.Cl. The summed E-state index contributed by atoms with van der Waals surface area (Å²) in [5, 5.41) is 0. The van der Waals surface area contributed by atoms with Crippen LogP contribution >= 0.6 is 12.4 Å². The van der Waals surface area contributed by atoms with E-state index < -0.39 is 0 Å². The summed E-state index contributed by atoms with van der Waals surface area (Å²) in [6, 6.07) is 7.23. The molecule has 0 aromatic heterocycles. The van der Waals surface area contributed by atoms with Crippen molar-refractivity contribution in [2.24, 2.45) is 11.7 Å². The number of aryl methyl sites for hydroxylation is 2. The number of nitrogens with two attached hydrogens (primary N) is 1. The second-order valence-corrected chi connectivity index (χ2v) is 7.23. The van der Waals surface area contributed by atoms with Crippen molar-refractivity contribution in [3.8, 4) is 0 Å². The van der Waals surface area contributed by atoms with Gasteiger partial charge in [0.25, 0.3) is 0 Å². The molecule has 3 nitrogen and oxygen atoms in total. The lowest BCUT2D eigenvalue weighted by atomic mass is 9.99. The van der Waals surface area contributed by atoms with Gasteiger partial charge in [0, 0.05) is 25.0 Å². The van der Waals surface area contributed by atoms with Crippen molar-refractivity contribution < 1.29 is 4.79 Å². The molecule has 0 aliphatic heterocycles. The lowest BCUT2D eigenvalue weighted by Gasteiger charge is -2.25. The molecule has 0 radical (unpaired) electrons. The lowest BCUT2D eigenvalue weighted by molar-refractivity contribution is -0.133. The molecule has 23 heavy (non-hydrogen) atoms. The number of halogens is 1. The van der Waals surface area contributed by atoms with Crippen molar-refractivity contribution >= 4 is 18.3 Å². The molecule has 2 saturated carbocycles. The Hall–Kier alpha value is -1.06. The van der Waals surface area contributed by atoms with Crippen LogP contribution in [-0.2, 0) is 11.3 Å². The number of rotatable bonds is 5. The van der Waals surface area contributed by atoms with Crippen LogP contribution in [0.4, 0.5) is 0 Å². The first-order valence-electron chi connectivity index (χ1n) is 8.66. The minimum atomic E-state index is 0. The van der Waals surface area contributed by atoms with Gasteiger partial charge in [-0.15, -0.1) is 12.4 Å². The van der Waals surface area contributed by atoms with E-state index in [0.717, 1.165) is 32.2 Å². The van der Waals surface area contributed by atoms with Gasteiger partial charge in [0.05, 0.1) is 0 Å². The van der Waals surface area contributed by atoms with Gasteiger partial charge in [-0.1, -0.05) is 24.6 Å². The molecular weight excluding hydrogens is 308 g/mol. The molecule has 4 heteroatoms. The first-order chi connectivity index (χ1) is 10.5. The fourth-order valence-corrected chi connectivity index (χ4v) is 3.57. The Labute approximate surface area is 146 Å². The van der Waals surface area contributed by atoms with Crippen LogP contribution in [0.1, 0.15) is 55.2 Å². The second-order valence-electron chi connectivity index (χ2n) is 7.23.